The van der Waals surface area contributed by atoms with E-state index >= 15 is 0 Å². The Kier molecular flexibility index (Phi) is 5.87. The molecule has 3 heterocycles. The molecule has 1 unspecified atom stereocenters. The summed E-state index contributed by atoms with van der Waals surface area (Å²) < 4.78 is 35.3. The minimum atomic E-state index is -3.76. The minimum Gasteiger partial charge on any atom is -0.481 e. The highest BCUT2D eigenvalue weighted by Gasteiger charge is 2.36. The number of nitrogens with zero attached hydrogens (tertiary/aromatic N) is 3. The third kappa shape index (κ3) is 4.36. The van der Waals surface area contributed by atoms with Gasteiger partial charge in [0.05, 0.1) is 21.8 Å². The highest BCUT2D eigenvalue weighted by atomic mass is 32.2. The molecular formula is C22H31N3O5S. The van der Waals surface area contributed by atoms with Crippen LogP contribution in [0, 0.1) is 11.8 Å². The second kappa shape index (κ2) is 8.18. The number of imidazole rings is 1. The van der Waals surface area contributed by atoms with Crippen molar-refractivity contribution >= 4 is 27.0 Å². The smallest absolute Gasteiger partial charge is 0.307 e. The van der Waals surface area contributed by atoms with Crippen molar-refractivity contribution in [3.63, 3.8) is 0 Å². The number of aromatic nitrogens is 2. The molecule has 8 nitrogen and oxygen atoms in total. The van der Waals surface area contributed by atoms with Crippen molar-refractivity contribution in [2.75, 3.05) is 26.3 Å². The fourth-order valence-electron chi connectivity index (χ4n) is 4.51. The zero-order chi connectivity index (χ0) is 22.4. The van der Waals surface area contributed by atoms with Gasteiger partial charge in [-0.3, -0.25) is 4.79 Å². The van der Waals surface area contributed by atoms with Crippen LogP contribution in [0.3, 0.4) is 0 Å². The monoisotopic (exact) mass is 449 g/mol. The Labute approximate surface area is 183 Å². The summed E-state index contributed by atoms with van der Waals surface area (Å²) in [5.74, 6) is -0.150. The summed E-state index contributed by atoms with van der Waals surface area (Å²) in [7, 11) is -3.76. The van der Waals surface area contributed by atoms with Crippen LogP contribution in [-0.4, -0.2) is 59.7 Å². The first-order valence-electron chi connectivity index (χ1n) is 10.9. The molecule has 0 aliphatic carbocycles. The third-order valence-electron chi connectivity index (χ3n) is 6.31. The van der Waals surface area contributed by atoms with Crippen molar-refractivity contribution in [1.29, 1.82) is 0 Å². The molecule has 0 spiro atoms. The summed E-state index contributed by atoms with van der Waals surface area (Å²) in [5.41, 5.74) is 1.40. The molecule has 4 rings (SSSR count). The van der Waals surface area contributed by atoms with Crippen molar-refractivity contribution in [1.82, 2.24) is 13.9 Å². The van der Waals surface area contributed by atoms with E-state index in [1.807, 2.05) is 6.07 Å². The van der Waals surface area contributed by atoms with Gasteiger partial charge in [-0.05, 0) is 43.4 Å². The molecule has 2 aromatic rings. The van der Waals surface area contributed by atoms with E-state index in [2.05, 4.69) is 25.3 Å². The van der Waals surface area contributed by atoms with Crippen LogP contribution in [0.25, 0.3) is 11.0 Å². The van der Waals surface area contributed by atoms with E-state index in [-0.39, 0.29) is 23.4 Å². The van der Waals surface area contributed by atoms with E-state index in [4.69, 9.17) is 9.72 Å². The molecule has 0 amide bonds. The van der Waals surface area contributed by atoms with E-state index in [1.54, 1.807) is 12.1 Å². The predicted octanol–water partition coefficient (Wildman–Crippen LogP) is 2.86. The molecule has 2 aliphatic rings. The van der Waals surface area contributed by atoms with Gasteiger partial charge in [-0.1, -0.05) is 20.8 Å². The molecule has 2 saturated heterocycles. The van der Waals surface area contributed by atoms with E-state index in [1.165, 1.54) is 4.31 Å². The van der Waals surface area contributed by atoms with Gasteiger partial charge in [-0.25, -0.2) is 13.4 Å². The summed E-state index contributed by atoms with van der Waals surface area (Å²) >= 11 is 0. The maximum Gasteiger partial charge on any atom is 0.307 e. The van der Waals surface area contributed by atoms with Gasteiger partial charge < -0.3 is 14.4 Å². The van der Waals surface area contributed by atoms with Crippen LogP contribution in [0.15, 0.2) is 23.1 Å². The topological polar surface area (TPSA) is 102 Å². The average molecular weight is 450 g/mol. The van der Waals surface area contributed by atoms with Crippen LogP contribution in [0.4, 0.5) is 0 Å². The lowest BCUT2D eigenvalue weighted by molar-refractivity contribution is -0.141. The SMILES string of the molecule is CC(C)(C)c1nc2cc(S(=O)(=O)N3CCC(C(=O)O)C3)ccc2n1CC1CCOCC1. The maximum atomic E-state index is 13.1. The number of fused-ring (bicyclic) bond motifs is 1. The highest BCUT2D eigenvalue weighted by molar-refractivity contribution is 7.89. The Bertz CT molecular complexity index is 1080. The second-order valence-electron chi connectivity index (χ2n) is 9.69. The summed E-state index contributed by atoms with van der Waals surface area (Å²) in [4.78, 5) is 16.3. The Morgan fingerprint density at radius 1 is 1.23 bits per heavy atom. The molecular weight excluding hydrogens is 418 g/mol. The van der Waals surface area contributed by atoms with Crippen LogP contribution in [0.1, 0.15) is 45.9 Å². The van der Waals surface area contributed by atoms with E-state index in [0.29, 0.717) is 17.9 Å². The van der Waals surface area contributed by atoms with Crippen LogP contribution in [0.5, 0.6) is 0 Å². The molecule has 1 aromatic heterocycles. The highest BCUT2D eigenvalue weighted by Crippen LogP contribution is 2.32. The number of carboxylic acids is 1. The number of carboxylic acid groups (broad SMARTS) is 1. The van der Waals surface area contributed by atoms with Crippen LogP contribution >= 0.6 is 0 Å². The van der Waals surface area contributed by atoms with Gasteiger partial charge in [0, 0.05) is 38.3 Å². The van der Waals surface area contributed by atoms with Crippen LogP contribution < -0.4 is 0 Å². The standard InChI is InChI=1S/C22H31N3O5S/c1-22(2,3)21-23-18-12-17(31(28,29)24-9-6-16(14-24)20(26)27)4-5-19(18)25(21)13-15-7-10-30-11-8-15/h4-5,12,15-16H,6-11,13-14H2,1-3H3,(H,26,27). The number of rotatable bonds is 5. The van der Waals surface area contributed by atoms with Crippen molar-refractivity contribution in [2.45, 2.75) is 56.9 Å². The lowest BCUT2D eigenvalue weighted by Gasteiger charge is -2.26. The van der Waals surface area contributed by atoms with Crippen molar-refractivity contribution in [3.05, 3.63) is 24.0 Å². The first-order valence-corrected chi connectivity index (χ1v) is 12.3. The van der Waals surface area contributed by atoms with Crippen molar-refractivity contribution in [2.24, 2.45) is 11.8 Å². The summed E-state index contributed by atoms with van der Waals surface area (Å²) in [6, 6.07) is 5.10. The molecule has 0 bridgehead atoms. The largest absolute Gasteiger partial charge is 0.481 e. The molecule has 1 atom stereocenters. The van der Waals surface area contributed by atoms with Gasteiger partial charge in [-0.2, -0.15) is 4.31 Å². The molecule has 0 saturated carbocycles. The van der Waals surface area contributed by atoms with Gasteiger partial charge in [0.1, 0.15) is 5.82 Å². The minimum absolute atomic E-state index is 0.0150. The molecule has 31 heavy (non-hydrogen) atoms. The first-order chi connectivity index (χ1) is 14.6. The number of hydrogen-bond acceptors (Lipinski definition) is 5. The molecule has 1 aromatic carbocycles. The Hall–Kier alpha value is -1.97. The van der Waals surface area contributed by atoms with E-state index in [9.17, 15) is 18.3 Å². The Morgan fingerprint density at radius 2 is 1.94 bits per heavy atom. The third-order valence-corrected chi connectivity index (χ3v) is 8.17. The van der Waals surface area contributed by atoms with Crippen molar-refractivity contribution < 1.29 is 23.1 Å². The molecule has 0 radical (unpaired) electrons. The number of carbonyl (C=O) groups is 1. The van der Waals surface area contributed by atoms with Gasteiger partial charge in [-0.15, -0.1) is 0 Å². The fourth-order valence-corrected chi connectivity index (χ4v) is 6.03. The number of benzene rings is 1. The number of ether oxygens (including phenoxy) is 1. The number of hydrogen-bond donors (Lipinski definition) is 1. The molecule has 1 N–H and O–H groups in total. The maximum absolute atomic E-state index is 13.1. The predicted molar refractivity (Wildman–Crippen MR) is 116 cm³/mol. The second-order valence-corrected chi connectivity index (χ2v) is 11.6. The average Bonchev–Trinajstić information content (AvgIpc) is 3.34. The number of sulfonamides is 1. The lowest BCUT2D eigenvalue weighted by Crippen LogP contribution is -2.30. The van der Waals surface area contributed by atoms with Gasteiger partial charge in [0.15, 0.2) is 0 Å². The van der Waals surface area contributed by atoms with Gasteiger partial charge in [0.25, 0.3) is 0 Å². The normalized spacial score (nSPS) is 21.7. The first kappa shape index (κ1) is 22.2. The lowest BCUT2D eigenvalue weighted by atomic mass is 9.94. The fraction of sp³-hybridized carbons (Fsp3) is 0.636. The summed E-state index contributed by atoms with van der Waals surface area (Å²) in [6.07, 6.45) is 2.36. The van der Waals surface area contributed by atoms with E-state index in [0.717, 1.165) is 43.9 Å². The zero-order valence-electron chi connectivity index (χ0n) is 18.4. The van der Waals surface area contributed by atoms with Gasteiger partial charge >= 0.3 is 5.97 Å². The van der Waals surface area contributed by atoms with Crippen molar-refractivity contribution in [3.8, 4) is 0 Å². The number of aliphatic carboxylic acids is 1. The zero-order valence-corrected chi connectivity index (χ0v) is 19.2. The molecule has 170 valence electrons. The summed E-state index contributed by atoms with van der Waals surface area (Å²) in [6.45, 7) is 8.97. The van der Waals surface area contributed by atoms with E-state index < -0.39 is 21.9 Å². The Balaban J connectivity index is 1.70. The molecule has 2 fully saturated rings. The summed E-state index contributed by atoms with van der Waals surface area (Å²) in [5, 5.41) is 9.21. The quantitative estimate of drug-likeness (QED) is 0.753. The Morgan fingerprint density at radius 3 is 2.55 bits per heavy atom. The molecule has 2 aliphatic heterocycles. The van der Waals surface area contributed by atoms with Crippen LogP contribution in [0.2, 0.25) is 0 Å². The van der Waals surface area contributed by atoms with Gasteiger partial charge in [0.2, 0.25) is 10.0 Å². The van der Waals surface area contributed by atoms with Crippen LogP contribution in [-0.2, 0) is 31.5 Å². The molecule has 9 heteroatoms.